The Morgan fingerprint density at radius 3 is 2.36 bits per heavy atom. The van der Waals surface area contributed by atoms with Gasteiger partial charge in [0.05, 0.1) is 5.41 Å². The van der Waals surface area contributed by atoms with E-state index >= 15 is 0 Å². The van der Waals surface area contributed by atoms with Crippen molar-refractivity contribution in [1.82, 2.24) is 4.90 Å². The van der Waals surface area contributed by atoms with Gasteiger partial charge in [-0.2, -0.15) is 0 Å². The number of hydrogen-bond acceptors (Lipinski definition) is 5. The fourth-order valence-corrected chi connectivity index (χ4v) is 5.05. The van der Waals surface area contributed by atoms with E-state index in [0.29, 0.717) is 6.04 Å². The number of carbonyl (C=O) groups excluding carboxylic acids is 2. The van der Waals surface area contributed by atoms with E-state index in [4.69, 9.17) is 4.74 Å². The summed E-state index contributed by atoms with van der Waals surface area (Å²) in [5.41, 5.74) is 0.852. The maximum Gasteiger partial charge on any atom is 0.312 e. The smallest absolute Gasteiger partial charge is 0.312 e. The highest BCUT2D eigenvalue weighted by atomic mass is 19.1. The Bertz CT molecular complexity index is 750. The minimum Gasteiger partial charge on any atom is -0.462 e. The summed E-state index contributed by atoms with van der Waals surface area (Å²) in [5.74, 6) is 0.0246. The molecule has 33 heavy (non-hydrogen) atoms. The molecule has 2 aliphatic heterocycles. The molecule has 0 aromatic heterocycles. The third-order valence-corrected chi connectivity index (χ3v) is 6.76. The molecule has 0 amide bonds. The maximum atomic E-state index is 13.2. The van der Waals surface area contributed by atoms with Crippen LogP contribution in [0.25, 0.3) is 0 Å². The molecule has 0 aliphatic carbocycles. The number of hydrogen-bond donors (Lipinski definition) is 0. The van der Waals surface area contributed by atoms with Crippen molar-refractivity contribution in [2.45, 2.75) is 91.7 Å². The van der Waals surface area contributed by atoms with Gasteiger partial charge in [0.25, 0.3) is 0 Å². The van der Waals surface area contributed by atoms with E-state index < -0.39 is 0 Å². The van der Waals surface area contributed by atoms with Crippen molar-refractivity contribution in [3.63, 3.8) is 0 Å². The first kappa shape index (κ1) is 27.3. The monoisotopic (exact) mass is 462 g/mol. The number of piperazine rings is 1. The van der Waals surface area contributed by atoms with Crippen LogP contribution in [0.1, 0.15) is 79.6 Å². The molecule has 6 heteroatoms. The molecule has 186 valence electrons. The molecule has 2 aliphatic rings. The molecule has 5 nitrogen and oxygen atoms in total. The number of halogens is 1. The molecular formula is C27H43FN2O3. The zero-order chi connectivity index (χ0) is 24.4. The van der Waals surface area contributed by atoms with Crippen LogP contribution < -0.4 is 4.90 Å². The number of esters is 1. The Morgan fingerprint density at radius 1 is 1.12 bits per heavy atom. The second-order valence-electron chi connectivity index (χ2n) is 9.87. The normalized spacial score (nSPS) is 25.4. The topological polar surface area (TPSA) is 49.9 Å². The maximum absolute atomic E-state index is 13.2. The van der Waals surface area contributed by atoms with Crippen molar-refractivity contribution in [1.29, 1.82) is 0 Å². The third kappa shape index (κ3) is 8.09. The second-order valence-corrected chi connectivity index (χ2v) is 9.87. The number of anilines is 1. The van der Waals surface area contributed by atoms with Gasteiger partial charge in [-0.05, 0) is 64.3 Å². The molecule has 2 saturated heterocycles. The molecule has 0 bridgehead atoms. The standard InChI is InChI=1S/C24H37FN2O2.C3H6O/c1-4-6-13-24(12-5-2)17-22(29-23(24)28)11-14-26-15-16-27(18-19(26)3)21-9-7-20(25)8-10-21;1-3(2)4/h7-10,19,22H,4-6,11-18H2,1-3H3;1-2H3/t19-,22-,24?;/m0./s1. The molecule has 0 saturated carbocycles. The highest BCUT2D eigenvalue weighted by molar-refractivity contribution is 5.79. The molecule has 1 aromatic carbocycles. The van der Waals surface area contributed by atoms with Crippen LogP contribution in [0.15, 0.2) is 24.3 Å². The molecule has 0 radical (unpaired) electrons. The van der Waals surface area contributed by atoms with Gasteiger partial charge in [-0.25, -0.2) is 4.39 Å². The van der Waals surface area contributed by atoms with Crippen LogP contribution in [0.4, 0.5) is 10.1 Å². The van der Waals surface area contributed by atoms with E-state index in [0.717, 1.165) is 76.8 Å². The number of cyclic esters (lactones) is 1. The Balaban J connectivity index is 0.000000890. The number of carbonyl (C=O) groups is 2. The van der Waals surface area contributed by atoms with E-state index in [2.05, 4.69) is 30.6 Å². The van der Waals surface area contributed by atoms with Gasteiger partial charge < -0.3 is 14.4 Å². The van der Waals surface area contributed by atoms with Crippen LogP contribution in [0.3, 0.4) is 0 Å². The summed E-state index contributed by atoms with van der Waals surface area (Å²) in [4.78, 5) is 26.9. The van der Waals surface area contributed by atoms with Crippen molar-refractivity contribution >= 4 is 17.4 Å². The van der Waals surface area contributed by atoms with Crippen molar-refractivity contribution in [2.24, 2.45) is 5.41 Å². The molecular weight excluding hydrogens is 419 g/mol. The molecule has 0 spiro atoms. The van der Waals surface area contributed by atoms with Crippen LogP contribution in [0.5, 0.6) is 0 Å². The number of benzene rings is 1. The molecule has 2 fully saturated rings. The van der Waals surface area contributed by atoms with Crippen LogP contribution >= 0.6 is 0 Å². The zero-order valence-corrected chi connectivity index (χ0v) is 21.2. The zero-order valence-electron chi connectivity index (χ0n) is 21.2. The summed E-state index contributed by atoms with van der Waals surface area (Å²) < 4.78 is 19.0. The summed E-state index contributed by atoms with van der Waals surface area (Å²) in [6.45, 7) is 13.5. The van der Waals surface area contributed by atoms with Gasteiger partial charge in [-0.15, -0.1) is 0 Å². The fraction of sp³-hybridized carbons (Fsp3) is 0.704. The lowest BCUT2D eigenvalue weighted by atomic mass is 9.76. The molecule has 3 rings (SSSR count). The van der Waals surface area contributed by atoms with Gasteiger partial charge in [0.15, 0.2) is 0 Å². The summed E-state index contributed by atoms with van der Waals surface area (Å²) in [7, 11) is 0. The van der Waals surface area contributed by atoms with Crippen LogP contribution in [0.2, 0.25) is 0 Å². The quantitative estimate of drug-likeness (QED) is 0.446. The number of Topliss-reactive ketones (excluding diaryl/α,β-unsaturated/α-hetero) is 1. The van der Waals surface area contributed by atoms with E-state index in [9.17, 15) is 14.0 Å². The van der Waals surface area contributed by atoms with Gasteiger partial charge in [0.1, 0.15) is 17.7 Å². The summed E-state index contributed by atoms with van der Waals surface area (Å²) in [6, 6.07) is 7.20. The van der Waals surface area contributed by atoms with Gasteiger partial charge in [-0.1, -0.05) is 33.1 Å². The predicted molar refractivity (Wildman–Crippen MR) is 132 cm³/mol. The van der Waals surface area contributed by atoms with E-state index in [1.807, 2.05) is 12.1 Å². The van der Waals surface area contributed by atoms with E-state index in [-0.39, 0.29) is 29.1 Å². The Morgan fingerprint density at radius 2 is 1.79 bits per heavy atom. The first-order valence-corrected chi connectivity index (χ1v) is 12.6. The van der Waals surface area contributed by atoms with Gasteiger partial charge in [0.2, 0.25) is 0 Å². The molecule has 0 N–H and O–H groups in total. The minimum absolute atomic E-state index is 0.0481. The molecule has 2 heterocycles. The number of rotatable bonds is 9. The fourth-order valence-electron chi connectivity index (χ4n) is 5.05. The Hall–Kier alpha value is -1.95. The van der Waals surface area contributed by atoms with Gasteiger partial charge >= 0.3 is 5.97 Å². The van der Waals surface area contributed by atoms with E-state index in [1.54, 1.807) is 0 Å². The van der Waals surface area contributed by atoms with Gasteiger partial charge in [0, 0.05) is 44.3 Å². The summed E-state index contributed by atoms with van der Waals surface area (Å²) in [6.07, 6.45) is 7.06. The Labute approximate surface area is 199 Å². The second kappa shape index (κ2) is 13.1. The molecule has 1 unspecified atom stereocenters. The Kier molecular flexibility index (Phi) is 10.8. The van der Waals surface area contributed by atoms with Crippen molar-refractivity contribution < 1.29 is 18.7 Å². The summed E-state index contributed by atoms with van der Waals surface area (Å²) in [5, 5.41) is 0. The SMILES string of the molecule is CC(C)=O.CCCCC1(CCC)C[C@H](CCN2CCN(c3ccc(F)cc3)C[C@@H]2C)OC1=O. The predicted octanol–water partition coefficient (Wildman–Crippen LogP) is 5.61. The lowest BCUT2D eigenvalue weighted by Crippen LogP contribution is -2.52. The lowest BCUT2D eigenvalue weighted by Gasteiger charge is -2.41. The van der Waals surface area contributed by atoms with Gasteiger partial charge in [-0.3, -0.25) is 9.69 Å². The van der Waals surface area contributed by atoms with Crippen LogP contribution in [-0.4, -0.2) is 55.0 Å². The number of unbranched alkanes of at least 4 members (excludes halogenated alkanes) is 1. The highest BCUT2D eigenvalue weighted by Gasteiger charge is 2.47. The third-order valence-electron chi connectivity index (χ3n) is 6.76. The number of nitrogens with zero attached hydrogens (tertiary/aromatic N) is 2. The van der Waals surface area contributed by atoms with Crippen molar-refractivity contribution in [3.8, 4) is 0 Å². The largest absolute Gasteiger partial charge is 0.462 e. The van der Waals surface area contributed by atoms with Crippen molar-refractivity contribution in [3.05, 3.63) is 30.1 Å². The first-order chi connectivity index (χ1) is 15.7. The lowest BCUT2D eigenvalue weighted by molar-refractivity contribution is -0.149. The highest BCUT2D eigenvalue weighted by Crippen LogP contribution is 2.43. The first-order valence-electron chi connectivity index (χ1n) is 12.6. The summed E-state index contributed by atoms with van der Waals surface area (Å²) >= 11 is 0. The van der Waals surface area contributed by atoms with Crippen molar-refractivity contribution in [2.75, 3.05) is 31.1 Å². The van der Waals surface area contributed by atoms with Crippen LogP contribution in [-0.2, 0) is 14.3 Å². The number of ether oxygens (including phenoxy) is 1. The average Bonchev–Trinajstić information content (AvgIpc) is 3.07. The number of ketones is 1. The molecule has 3 atom stereocenters. The average molecular weight is 463 g/mol. The van der Waals surface area contributed by atoms with E-state index in [1.165, 1.54) is 26.0 Å². The van der Waals surface area contributed by atoms with Crippen LogP contribution in [0, 0.1) is 11.2 Å². The molecule has 1 aromatic rings. The minimum atomic E-state index is -0.234.